The Morgan fingerprint density at radius 3 is 2.12 bits per heavy atom. The van der Waals surface area contributed by atoms with E-state index in [1.54, 1.807) is 18.2 Å². The predicted molar refractivity (Wildman–Crippen MR) is 105 cm³/mol. The molecule has 2 aromatic rings. The van der Waals surface area contributed by atoms with Crippen LogP contribution in [-0.2, 0) is 0 Å². The third-order valence-electron chi connectivity index (χ3n) is 4.19. The summed E-state index contributed by atoms with van der Waals surface area (Å²) in [5.74, 6) is 0. The van der Waals surface area contributed by atoms with E-state index < -0.39 is 0 Å². The fourth-order valence-electron chi connectivity index (χ4n) is 2.71. The van der Waals surface area contributed by atoms with Crippen LogP contribution in [-0.4, -0.2) is 44.2 Å². The van der Waals surface area contributed by atoms with Crippen molar-refractivity contribution in [3.05, 3.63) is 52.5 Å². The van der Waals surface area contributed by atoms with Crippen molar-refractivity contribution in [3.8, 4) is 0 Å². The molecule has 1 fully saturated rings. The second-order valence-corrected chi connectivity index (χ2v) is 6.83. The lowest BCUT2D eigenvalue weighted by molar-refractivity contribution is 0.262. The largest absolute Gasteiger partial charge is 0.369 e. The lowest BCUT2D eigenvalue weighted by atomic mass is 10.2. The molecule has 3 rings (SSSR count). The molecule has 0 aromatic heterocycles. The van der Waals surface area contributed by atoms with Gasteiger partial charge in [0.05, 0.1) is 15.7 Å². The number of anilines is 3. The van der Waals surface area contributed by atoms with Crippen LogP contribution in [0.15, 0.2) is 42.5 Å². The molecule has 0 bridgehead atoms. The lowest BCUT2D eigenvalue weighted by Gasteiger charge is -2.34. The second-order valence-electron chi connectivity index (χ2n) is 6.01. The van der Waals surface area contributed by atoms with Gasteiger partial charge in [-0.25, -0.2) is 4.79 Å². The van der Waals surface area contributed by atoms with Crippen LogP contribution in [0.1, 0.15) is 0 Å². The van der Waals surface area contributed by atoms with Crippen LogP contribution in [0.4, 0.5) is 21.9 Å². The maximum atomic E-state index is 12.2. The molecule has 0 unspecified atom stereocenters. The summed E-state index contributed by atoms with van der Waals surface area (Å²) in [6, 6.07) is 12.5. The van der Waals surface area contributed by atoms with E-state index in [2.05, 4.69) is 27.5 Å². The van der Waals surface area contributed by atoms with Gasteiger partial charge in [-0.15, -0.1) is 0 Å². The minimum absolute atomic E-state index is 0.387. The Bertz CT molecular complexity index is 723. The topological polar surface area (TPSA) is 47.6 Å². The molecule has 2 aromatic carbocycles. The van der Waals surface area contributed by atoms with E-state index >= 15 is 0 Å². The molecule has 2 amide bonds. The van der Waals surface area contributed by atoms with Crippen molar-refractivity contribution in [2.45, 2.75) is 0 Å². The van der Waals surface area contributed by atoms with Gasteiger partial charge in [-0.1, -0.05) is 29.3 Å². The zero-order valence-electron chi connectivity index (χ0n) is 13.9. The first-order valence-corrected chi connectivity index (χ1v) is 8.84. The van der Waals surface area contributed by atoms with E-state index in [4.69, 9.17) is 23.2 Å². The summed E-state index contributed by atoms with van der Waals surface area (Å²) in [6.45, 7) is 4.13. The highest BCUT2D eigenvalue weighted by Gasteiger charge is 2.14. The van der Waals surface area contributed by atoms with E-state index in [1.165, 1.54) is 0 Å². The van der Waals surface area contributed by atoms with Gasteiger partial charge in [0.25, 0.3) is 0 Å². The van der Waals surface area contributed by atoms with Crippen LogP contribution in [0.25, 0.3) is 0 Å². The van der Waals surface area contributed by atoms with Crippen LogP contribution < -0.4 is 15.5 Å². The fraction of sp³-hybridized carbons (Fsp3) is 0.278. The van der Waals surface area contributed by atoms with E-state index in [0.717, 1.165) is 31.9 Å². The first-order valence-electron chi connectivity index (χ1n) is 8.08. The maximum Gasteiger partial charge on any atom is 0.323 e. The Morgan fingerprint density at radius 2 is 1.52 bits per heavy atom. The fourth-order valence-corrected chi connectivity index (χ4v) is 3.21. The summed E-state index contributed by atoms with van der Waals surface area (Å²) in [4.78, 5) is 16.8. The monoisotopic (exact) mass is 378 g/mol. The quantitative estimate of drug-likeness (QED) is 0.832. The standard InChI is InChI=1S/C18H20Cl2N4O/c1-23-9-11-24(12-10-23)14-7-5-13(6-8-14)21-18(25)22-17-15(19)3-2-4-16(17)20/h2-8H,9-12H2,1H3,(H2,21,22,25). The number of halogens is 2. The number of benzene rings is 2. The molecule has 0 radical (unpaired) electrons. The Kier molecular flexibility index (Phi) is 5.68. The van der Waals surface area contributed by atoms with Crippen LogP contribution in [0, 0.1) is 0 Å². The van der Waals surface area contributed by atoms with Gasteiger partial charge >= 0.3 is 6.03 Å². The minimum atomic E-state index is -0.387. The van der Waals surface area contributed by atoms with Crippen LogP contribution >= 0.6 is 23.2 Å². The SMILES string of the molecule is CN1CCN(c2ccc(NC(=O)Nc3c(Cl)cccc3Cl)cc2)CC1. The number of rotatable bonds is 3. The molecule has 5 nitrogen and oxygen atoms in total. The molecule has 132 valence electrons. The average molecular weight is 379 g/mol. The molecule has 0 atom stereocenters. The number of carbonyl (C=O) groups is 1. The van der Waals surface area contributed by atoms with Gasteiger partial charge in [-0.05, 0) is 43.4 Å². The number of hydrogen-bond acceptors (Lipinski definition) is 3. The molecular formula is C18H20Cl2N4O. The van der Waals surface area contributed by atoms with Crippen molar-refractivity contribution in [2.24, 2.45) is 0 Å². The first kappa shape index (κ1) is 17.9. The van der Waals surface area contributed by atoms with Crippen LogP contribution in [0.2, 0.25) is 10.0 Å². The van der Waals surface area contributed by atoms with Gasteiger partial charge < -0.3 is 20.4 Å². The second kappa shape index (κ2) is 7.95. The zero-order valence-corrected chi connectivity index (χ0v) is 15.4. The Labute approximate surface area is 157 Å². The Hall–Kier alpha value is -1.95. The van der Waals surface area contributed by atoms with Crippen molar-refractivity contribution in [1.29, 1.82) is 0 Å². The zero-order chi connectivity index (χ0) is 17.8. The number of nitrogens with zero attached hydrogens (tertiary/aromatic N) is 2. The highest BCUT2D eigenvalue weighted by molar-refractivity contribution is 6.39. The third kappa shape index (κ3) is 4.57. The number of para-hydroxylation sites is 1. The van der Waals surface area contributed by atoms with Gasteiger partial charge in [-0.3, -0.25) is 0 Å². The first-order chi connectivity index (χ1) is 12.0. The number of piperazine rings is 1. The van der Waals surface area contributed by atoms with E-state index in [-0.39, 0.29) is 6.03 Å². The number of urea groups is 1. The molecule has 2 N–H and O–H groups in total. The number of hydrogen-bond donors (Lipinski definition) is 2. The number of likely N-dealkylation sites (N-methyl/N-ethyl adjacent to an activating group) is 1. The van der Waals surface area contributed by atoms with E-state index in [9.17, 15) is 4.79 Å². The van der Waals surface area contributed by atoms with E-state index in [1.807, 2.05) is 24.3 Å². The van der Waals surface area contributed by atoms with Gasteiger partial charge in [0.15, 0.2) is 0 Å². The normalized spacial score (nSPS) is 15.1. The summed E-state index contributed by atoms with van der Waals surface area (Å²) in [7, 11) is 2.13. The van der Waals surface area contributed by atoms with Crippen LogP contribution in [0.3, 0.4) is 0 Å². The summed E-state index contributed by atoms with van der Waals surface area (Å²) in [6.07, 6.45) is 0. The molecule has 1 aliphatic heterocycles. The number of nitrogens with one attached hydrogen (secondary N) is 2. The number of carbonyl (C=O) groups excluding carboxylic acids is 1. The Morgan fingerprint density at radius 1 is 0.920 bits per heavy atom. The van der Waals surface area contributed by atoms with Gasteiger partial charge in [0.2, 0.25) is 0 Å². The molecule has 0 saturated carbocycles. The highest BCUT2D eigenvalue weighted by Crippen LogP contribution is 2.30. The summed E-state index contributed by atoms with van der Waals surface area (Å²) in [5, 5.41) is 6.26. The van der Waals surface area contributed by atoms with Crippen molar-refractivity contribution in [3.63, 3.8) is 0 Å². The van der Waals surface area contributed by atoms with Crippen molar-refractivity contribution < 1.29 is 4.79 Å². The summed E-state index contributed by atoms with van der Waals surface area (Å²) < 4.78 is 0. The molecule has 1 saturated heterocycles. The average Bonchev–Trinajstić information content (AvgIpc) is 2.60. The van der Waals surface area contributed by atoms with E-state index in [0.29, 0.717) is 21.4 Å². The van der Waals surface area contributed by atoms with Gasteiger partial charge in [-0.2, -0.15) is 0 Å². The highest BCUT2D eigenvalue weighted by atomic mass is 35.5. The van der Waals surface area contributed by atoms with Crippen molar-refractivity contribution in [1.82, 2.24) is 4.90 Å². The molecule has 1 aliphatic rings. The maximum absolute atomic E-state index is 12.2. The molecule has 7 heteroatoms. The molecule has 0 aliphatic carbocycles. The lowest BCUT2D eigenvalue weighted by Crippen LogP contribution is -2.44. The minimum Gasteiger partial charge on any atom is -0.369 e. The van der Waals surface area contributed by atoms with Crippen LogP contribution in [0.5, 0.6) is 0 Å². The van der Waals surface area contributed by atoms with Crippen molar-refractivity contribution in [2.75, 3.05) is 48.8 Å². The molecule has 0 spiro atoms. The van der Waals surface area contributed by atoms with Gasteiger partial charge in [0.1, 0.15) is 0 Å². The molecule has 25 heavy (non-hydrogen) atoms. The predicted octanol–water partition coefficient (Wildman–Crippen LogP) is 4.39. The van der Waals surface area contributed by atoms with Gasteiger partial charge in [0, 0.05) is 37.6 Å². The smallest absolute Gasteiger partial charge is 0.323 e. The molecular weight excluding hydrogens is 359 g/mol. The Balaban J connectivity index is 1.60. The summed E-state index contributed by atoms with van der Waals surface area (Å²) in [5.41, 5.74) is 2.27. The summed E-state index contributed by atoms with van der Waals surface area (Å²) >= 11 is 12.1. The number of amides is 2. The van der Waals surface area contributed by atoms with Crippen molar-refractivity contribution >= 4 is 46.3 Å². The third-order valence-corrected chi connectivity index (χ3v) is 4.82. The molecule has 1 heterocycles.